The molecule has 18 nitrogen and oxygen atoms in total. The monoisotopic (exact) mass is 1030 g/mol. The number of fused-ring (bicyclic) bond motifs is 2. The molecule has 2 fully saturated rings. The van der Waals surface area contributed by atoms with Crippen LogP contribution in [0.2, 0.25) is 0 Å². The minimum Gasteiger partial charge on any atom is -0.449 e. The number of nitrogens with zero attached hydrogens (tertiary/aromatic N) is 4. The summed E-state index contributed by atoms with van der Waals surface area (Å²) in [5.74, 6) is -2.99. The van der Waals surface area contributed by atoms with Gasteiger partial charge in [0, 0.05) is 61.1 Å². The Labute approximate surface area is 431 Å². The number of β-amino-alcohol motifs (C(OH)–C–C–N with tert-alkyl or cyclic N) is 2. The summed E-state index contributed by atoms with van der Waals surface area (Å²) in [6.07, 6.45) is 3.07. The number of carbonyl (C=O) groups excluding carboxylic acids is 6. The van der Waals surface area contributed by atoms with E-state index >= 15 is 8.78 Å². The zero-order valence-electron chi connectivity index (χ0n) is 44.1. The van der Waals surface area contributed by atoms with Crippen molar-refractivity contribution in [2.24, 2.45) is 0 Å². The molecule has 20 heteroatoms. The van der Waals surface area contributed by atoms with E-state index in [9.17, 15) is 39.0 Å². The van der Waals surface area contributed by atoms with Crippen molar-refractivity contribution in [3.63, 3.8) is 0 Å². The van der Waals surface area contributed by atoms with Gasteiger partial charge in [-0.15, -0.1) is 0 Å². The normalized spacial score (nSPS) is 19.3. The van der Waals surface area contributed by atoms with Crippen LogP contribution in [0.15, 0.2) is 36.4 Å². The number of nitrogens with one attached hydrogen (secondary N) is 4. The number of benzene rings is 2. The van der Waals surface area contributed by atoms with E-state index in [-0.39, 0.29) is 64.8 Å². The summed E-state index contributed by atoms with van der Waals surface area (Å²) in [7, 11) is 2.91. The lowest BCUT2D eigenvalue weighted by Gasteiger charge is -2.31. The molecule has 2 aromatic heterocycles. The van der Waals surface area contributed by atoms with Crippen molar-refractivity contribution >= 4 is 57.6 Å². The molecule has 2 aromatic carbocycles. The van der Waals surface area contributed by atoms with Gasteiger partial charge in [0.1, 0.15) is 35.8 Å². The van der Waals surface area contributed by atoms with Gasteiger partial charge in [-0.2, -0.15) is 0 Å². The Morgan fingerprint density at radius 1 is 0.649 bits per heavy atom. The number of likely N-dealkylation sites (tertiary alicyclic amines) is 2. The van der Waals surface area contributed by atoms with E-state index < -0.39 is 95.9 Å². The SMILES string of the molecule is CCCCCOC(=O)N(C)[C@@H](C)C(=O)N[C@@H](CC)C(=O)N1C[C@@H](O)C[C@H]1Cc1c(-c2[nH]c3cc(F)ccc3c2C[C@@H]2C[C@H](O)CN2C(=O)[C@H](CC)NC(=O)[C@H](C)N(C)C(=O)OCCCCC)[nH]c2cc(F)ccc12. The number of halogens is 2. The number of aliphatic hydroxyl groups excluding tert-OH is 2. The highest BCUT2D eigenvalue weighted by Crippen LogP contribution is 2.40. The molecule has 0 unspecified atom stereocenters. The van der Waals surface area contributed by atoms with Gasteiger partial charge in [-0.05, 0) is 113 Å². The molecular weight excluding hydrogens is 959 g/mol. The summed E-state index contributed by atoms with van der Waals surface area (Å²) in [5.41, 5.74) is 3.19. The van der Waals surface area contributed by atoms with E-state index in [4.69, 9.17) is 9.47 Å². The van der Waals surface area contributed by atoms with Crippen molar-refractivity contribution in [3.05, 3.63) is 59.2 Å². The number of carbonyl (C=O) groups is 6. The Kier molecular flexibility index (Phi) is 19.9. The van der Waals surface area contributed by atoms with Crippen LogP contribution in [0.5, 0.6) is 0 Å². The minimum atomic E-state index is -1.000. The van der Waals surface area contributed by atoms with Crippen molar-refractivity contribution in [1.82, 2.24) is 40.2 Å². The predicted molar refractivity (Wildman–Crippen MR) is 276 cm³/mol. The Hall–Kier alpha value is -6.28. The number of aromatic amines is 2. The van der Waals surface area contributed by atoms with Crippen LogP contribution in [0.4, 0.5) is 18.4 Å². The van der Waals surface area contributed by atoms with Crippen LogP contribution < -0.4 is 10.6 Å². The molecule has 406 valence electrons. The molecule has 2 aliphatic rings. The lowest BCUT2D eigenvalue weighted by atomic mass is 9.94. The van der Waals surface area contributed by atoms with Crippen molar-refractivity contribution in [1.29, 1.82) is 0 Å². The maximum Gasteiger partial charge on any atom is 0.410 e. The summed E-state index contributed by atoms with van der Waals surface area (Å²) < 4.78 is 40.7. The number of unbranched alkanes of at least 4 members (excludes halogenated alkanes) is 4. The fourth-order valence-corrected chi connectivity index (χ4v) is 10.0. The Balaban J connectivity index is 1.28. The molecule has 6 N–H and O–H groups in total. The maximum absolute atomic E-state index is 15.0. The first-order valence-corrected chi connectivity index (χ1v) is 26.3. The molecule has 0 bridgehead atoms. The number of aromatic nitrogens is 2. The minimum absolute atomic E-state index is 0.0208. The summed E-state index contributed by atoms with van der Waals surface area (Å²) >= 11 is 0. The van der Waals surface area contributed by atoms with E-state index in [0.29, 0.717) is 57.2 Å². The standard InChI is InChI=1S/C54H76F2N8O10/c1-9-13-15-21-73-53(71)61(7)31(5)49(67)59-43(11-3)51(69)63-29-37(65)25-35(63)27-41-39-19-17-33(55)23-45(39)57-47(41)48-42(40-20-18-34(56)24-46(40)58-48)28-36-26-38(66)30-64(36)52(70)44(12-4)60-50(68)32(6)62(8)54(72)74-22-16-14-10-2/h17-20,23-24,31-32,35-38,43-44,57-58,65-66H,9-16,21-22,25-30H2,1-8H3,(H,59,67)(H,60,68)/t31-,32-,35-,36-,37-,38-,43-,44-/m0/s1. The highest BCUT2D eigenvalue weighted by atomic mass is 19.1. The Morgan fingerprint density at radius 3 is 1.38 bits per heavy atom. The predicted octanol–water partition coefficient (Wildman–Crippen LogP) is 6.69. The van der Waals surface area contributed by atoms with Gasteiger partial charge in [0.05, 0.1) is 36.8 Å². The average Bonchev–Trinajstić information content (AvgIpc) is 4.15. The number of H-pyrrole nitrogens is 2. The highest BCUT2D eigenvalue weighted by Gasteiger charge is 2.41. The Bertz CT molecular complexity index is 2450. The third-order valence-electron chi connectivity index (χ3n) is 14.7. The molecule has 0 aliphatic carbocycles. The summed E-state index contributed by atoms with van der Waals surface area (Å²) in [6.45, 7) is 11.1. The lowest BCUT2D eigenvalue weighted by molar-refractivity contribution is -0.138. The summed E-state index contributed by atoms with van der Waals surface area (Å²) in [5, 5.41) is 29.2. The largest absolute Gasteiger partial charge is 0.449 e. The fourth-order valence-electron chi connectivity index (χ4n) is 10.0. The van der Waals surface area contributed by atoms with Gasteiger partial charge in [0.2, 0.25) is 23.6 Å². The second kappa shape index (κ2) is 25.8. The zero-order valence-corrected chi connectivity index (χ0v) is 44.1. The topological polar surface area (TPSA) is 230 Å². The first-order valence-electron chi connectivity index (χ1n) is 26.3. The third kappa shape index (κ3) is 13.3. The van der Waals surface area contributed by atoms with Gasteiger partial charge < -0.3 is 50.1 Å². The van der Waals surface area contributed by atoms with Crippen LogP contribution in [0.3, 0.4) is 0 Å². The Morgan fingerprint density at radius 2 is 1.03 bits per heavy atom. The molecule has 6 rings (SSSR count). The molecule has 4 heterocycles. The molecule has 0 radical (unpaired) electrons. The van der Waals surface area contributed by atoms with E-state index in [2.05, 4.69) is 20.6 Å². The molecule has 4 aromatic rings. The molecule has 8 atom stereocenters. The number of hydrogen-bond donors (Lipinski definition) is 6. The van der Waals surface area contributed by atoms with Crippen molar-refractivity contribution < 1.29 is 57.2 Å². The summed E-state index contributed by atoms with van der Waals surface area (Å²) in [4.78, 5) is 93.7. The molecular formula is C54H76F2N8O10. The van der Waals surface area contributed by atoms with Gasteiger partial charge in [-0.25, -0.2) is 18.4 Å². The third-order valence-corrected chi connectivity index (χ3v) is 14.7. The van der Waals surface area contributed by atoms with Crippen molar-refractivity contribution in [2.45, 2.75) is 167 Å². The molecule has 0 saturated carbocycles. The molecule has 0 spiro atoms. The first-order chi connectivity index (χ1) is 35.3. The van der Waals surface area contributed by atoms with E-state index in [1.54, 1.807) is 49.6 Å². The van der Waals surface area contributed by atoms with Crippen molar-refractivity contribution in [3.8, 4) is 11.4 Å². The smallest absolute Gasteiger partial charge is 0.410 e. The second-order valence-electron chi connectivity index (χ2n) is 20.0. The zero-order chi connectivity index (χ0) is 54.0. The van der Waals surface area contributed by atoms with E-state index in [0.717, 1.165) is 25.7 Å². The lowest BCUT2D eigenvalue weighted by Crippen LogP contribution is -2.54. The quantitative estimate of drug-likeness (QED) is 0.0432. The average molecular weight is 1040 g/mol. The summed E-state index contributed by atoms with van der Waals surface area (Å²) in [6, 6.07) is 3.47. The fraction of sp³-hybridized carbons (Fsp3) is 0.593. The van der Waals surface area contributed by atoms with Crippen LogP contribution in [0, 0.1) is 11.6 Å². The first kappa shape index (κ1) is 57.0. The van der Waals surface area contributed by atoms with Gasteiger partial charge in [-0.1, -0.05) is 53.4 Å². The van der Waals surface area contributed by atoms with Crippen LogP contribution in [-0.4, -0.2) is 164 Å². The number of aliphatic hydroxyl groups is 2. The molecule has 74 heavy (non-hydrogen) atoms. The maximum atomic E-state index is 15.0. The van der Waals surface area contributed by atoms with E-state index in [1.807, 2.05) is 13.8 Å². The number of amides is 6. The van der Waals surface area contributed by atoms with Crippen LogP contribution in [0.1, 0.15) is 117 Å². The highest BCUT2D eigenvalue weighted by molar-refractivity contribution is 5.97. The molecule has 2 saturated heterocycles. The number of rotatable bonds is 23. The van der Waals surface area contributed by atoms with Crippen LogP contribution in [-0.2, 0) is 41.5 Å². The van der Waals surface area contributed by atoms with Crippen LogP contribution in [0.25, 0.3) is 33.2 Å². The van der Waals surface area contributed by atoms with E-state index in [1.165, 1.54) is 48.2 Å². The van der Waals surface area contributed by atoms with Gasteiger partial charge in [0.25, 0.3) is 0 Å². The van der Waals surface area contributed by atoms with Crippen LogP contribution >= 0.6 is 0 Å². The number of hydrogen-bond acceptors (Lipinski definition) is 10. The number of likely N-dealkylation sites (N-methyl/N-ethyl adjacent to an activating group) is 2. The van der Waals surface area contributed by atoms with Gasteiger partial charge >= 0.3 is 12.2 Å². The van der Waals surface area contributed by atoms with Crippen molar-refractivity contribution in [2.75, 3.05) is 40.4 Å². The molecule has 2 aliphatic heterocycles. The number of ether oxygens (including phenoxy) is 2. The second-order valence-corrected chi connectivity index (χ2v) is 20.0. The van der Waals surface area contributed by atoms with Gasteiger partial charge in [0.15, 0.2) is 0 Å². The van der Waals surface area contributed by atoms with Gasteiger partial charge in [-0.3, -0.25) is 29.0 Å². The molecule has 6 amide bonds.